The van der Waals surface area contributed by atoms with Crippen LogP contribution in [0.1, 0.15) is 31.1 Å². The summed E-state index contributed by atoms with van der Waals surface area (Å²) >= 11 is 1.18. The van der Waals surface area contributed by atoms with Crippen molar-refractivity contribution in [3.05, 3.63) is 111 Å². The summed E-state index contributed by atoms with van der Waals surface area (Å²) in [5.74, 6) is -1.72. The van der Waals surface area contributed by atoms with E-state index in [-0.39, 0.29) is 16.8 Å². The summed E-state index contributed by atoms with van der Waals surface area (Å²) in [7, 11) is 0. The van der Waals surface area contributed by atoms with Gasteiger partial charge in [0.1, 0.15) is 0 Å². The summed E-state index contributed by atoms with van der Waals surface area (Å²) in [6.45, 7) is 0. The minimum Gasteiger partial charge on any atom is -0.298 e. The number of thiazole rings is 1. The molecule has 0 radical (unpaired) electrons. The third-order valence-electron chi connectivity index (χ3n) is 4.73. The second-order valence-electron chi connectivity index (χ2n) is 6.90. The molecule has 0 aliphatic rings. The lowest BCUT2D eigenvalue weighted by atomic mass is 10.0. The van der Waals surface area contributed by atoms with Crippen LogP contribution in [0, 0.1) is 10.1 Å². The molecule has 9 heteroatoms. The highest BCUT2D eigenvalue weighted by Gasteiger charge is 2.19. The smallest absolute Gasteiger partial charge is 0.270 e. The van der Waals surface area contributed by atoms with Gasteiger partial charge in [-0.1, -0.05) is 54.6 Å². The van der Waals surface area contributed by atoms with Crippen molar-refractivity contribution in [2.75, 3.05) is 5.32 Å². The molecule has 4 aromatic rings. The fraction of sp³-hybridized carbons (Fsp3) is 0. The van der Waals surface area contributed by atoms with Crippen LogP contribution in [0.15, 0.2) is 84.2 Å². The number of non-ortho nitro benzene ring substituents is 1. The highest BCUT2D eigenvalue weighted by molar-refractivity contribution is 7.14. The number of nitro benzene ring substituents is 1. The molecule has 33 heavy (non-hydrogen) atoms. The topological polar surface area (TPSA) is 119 Å². The Labute approximate surface area is 191 Å². The van der Waals surface area contributed by atoms with Gasteiger partial charge >= 0.3 is 0 Å². The van der Waals surface area contributed by atoms with Crippen LogP contribution in [0.3, 0.4) is 0 Å². The number of nitrogens with one attached hydrogen (secondary N) is 1. The van der Waals surface area contributed by atoms with E-state index in [9.17, 15) is 24.5 Å². The molecule has 0 bridgehead atoms. The van der Waals surface area contributed by atoms with Crippen LogP contribution in [0.5, 0.6) is 0 Å². The normalized spacial score (nSPS) is 10.4. The summed E-state index contributed by atoms with van der Waals surface area (Å²) in [5, 5.41) is 15.6. The van der Waals surface area contributed by atoms with Gasteiger partial charge in [0.25, 0.3) is 11.6 Å². The number of nitrogens with zero attached hydrogens (tertiary/aromatic N) is 2. The lowest BCUT2D eigenvalue weighted by Crippen LogP contribution is -2.15. The second-order valence-corrected chi connectivity index (χ2v) is 7.76. The van der Waals surface area contributed by atoms with E-state index in [1.165, 1.54) is 47.7 Å². The number of nitro groups is 1. The molecule has 0 aliphatic carbocycles. The average Bonchev–Trinajstić information content (AvgIpc) is 3.32. The highest BCUT2D eigenvalue weighted by atomic mass is 32.1. The van der Waals surface area contributed by atoms with Gasteiger partial charge in [0.2, 0.25) is 11.6 Å². The Balaban J connectivity index is 1.44. The van der Waals surface area contributed by atoms with Crippen molar-refractivity contribution in [1.29, 1.82) is 0 Å². The molecular formula is C24H15N3O5S. The Hall–Kier alpha value is -4.50. The summed E-state index contributed by atoms with van der Waals surface area (Å²) < 4.78 is 0. The second kappa shape index (κ2) is 9.33. The van der Waals surface area contributed by atoms with Crippen molar-refractivity contribution in [3.8, 4) is 11.3 Å². The fourth-order valence-electron chi connectivity index (χ4n) is 3.04. The molecule has 1 heterocycles. The Kier molecular flexibility index (Phi) is 6.14. The van der Waals surface area contributed by atoms with E-state index in [2.05, 4.69) is 10.3 Å². The van der Waals surface area contributed by atoms with E-state index >= 15 is 0 Å². The Morgan fingerprint density at radius 3 is 2.12 bits per heavy atom. The molecule has 162 valence electrons. The molecule has 0 fully saturated rings. The summed E-state index contributed by atoms with van der Waals surface area (Å²) in [6, 6.07) is 20.1. The Morgan fingerprint density at radius 2 is 1.45 bits per heavy atom. The minimum atomic E-state index is -0.658. The minimum absolute atomic E-state index is 0.0496. The quantitative estimate of drug-likeness (QED) is 0.180. The third-order valence-corrected chi connectivity index (χ3v) is 5.49. The van der Waals surface area contributed by atoms with E-state index in [4.69, 9.17) is 0 Å². The molecule has 0 atom stereocenters. The number of Topliss-reactive ketones (excluding diaryl/α,β-unsaturated/α-hetero) is 2. The fourth-order valence-corrected chi connectivity index (χ4v) is 3.75. The zero-order valence-corrected chi connectivity index (χ0v) is 17.7. The van der Waals surface area contributed by atoms with Gasteiger partial charge < -0.3 is 0 Å². The van der Waals surface area contributed by atoms with Crippen LogP contribution in [0.4, 0.5) is 10.8 Å². The van der Waals surface area contributed by atoms with E-state index < -0.39 is 22.4 Å². The molecular weight excluding hydrogens is 442 g/mol. The number of hydrogen-bond donors (Lipinski definition) is 1. The first-order valence-electron chi connectivity index (χ1n) is 9.68. The van der Waals surface area contributed by atoms with E-state index in [1.807, 2.05) is 0 Å². The molecule has 1 aromatic heterocycles. The first kappa shape index (κ1) is 21.7. The van der Waals surface area contributed by atoms with E-state index in [0.717, 1.165) is 0 Å². The van der Waals surface area contributed by atoms with Crippen LogP contribution in [-0.2, 0) is 0 Å². The standard InChI is InChI=1S/C24H15N3O5S/c28-21(15-5-2-1-3-6-15)22(29)16-9-11-17(12-10-16)23(30)26-24-25-20(14-33-24)18-7-4-8-19(13-18)27(31)32/h1-14H,(H,25,26,30). The van der Waals surface area contributed by atoms with Crippen molar-refractivity contribution in [2.24, 2.45) is 0 Å². The van der Waals surface area contributed by atoms with Crippen LogP contribution in [0.25, 0.3) is 11.3 Å². The van der Waals surface area contributed by atoms with Gasteiger partial charge in [0, 0.05) is 39.8 Å². The van der Waals surface area contributed by atoms with Gasteiger partial charge in [-0.3, -0.25) is 29.8 Å². The third kappa shape index (κ3) is 4.89. The molecule has 3 aromatic carbocycles. The number of anilines is 1. The Bertz CT molecular complexity index is 1360. The number of ketones is 2. The first-order chi connectivity index (χ1) is 15.9. The number of amides is 1. The molecule has 0 saturated heterocycles. The molecule has 1 amide bonds. The zero-order chi connectivity index (χ0) is 23.4. The number of carbonyl (C=O) groups is 3. The van der Waals surface area contributed by atoms with Gasteiger partial charge in [0.05, 0.1) is 10.6 Å². The monoisotopic (exact) mass is 457 g/mol. The Morgan fingerprint density at radius 1 is 0.818 bits per heavy atom. The van der Waals surface area contributed by atoms with Crippen molar-refractivity contribution in [1.82, 2.24) is 4.98 Å². The van der Waals surface area contributed by atoms with Crippen molar-refractivity contribution >= 4 is 39.6 Å². The molecule has 8 nitrogen and oxygen atoms in total. The lowest BCUT2D eigenvalue weighted by molar-refractivity contribution is -0.384. The summed E-state index contributed by atoms with van der Waals surface area (Å²) in [6.07, 6.45) is 0. The van der Waals surface area contributed by atoms with Gasteiger partial charge in [-0.2, -0.15) is 0 Å². The van der Waals surface area contributed by atoms with Gasteiger partial charge in [-0.15, -0.1) is 11.3 Å². The predicted molar refractivity (Wildman–Crippen MR) is 124 cm³/mol. The van der Waals surface area contributed by atoms with Crippen LogP contribution < -0.4 is 5.32 Å². The average molecular weight is 457 g/mol. The van der Waals surface area contributed by atoms with Crippen molar-refractivity contribution in [2.45, 2.75) is 0 Å². The maximum Gasteiger partial charge on any atom is 0.270 e. The van der Waals surface area contributed by atoms with Crippen LogP contribution in [-0.4, -0.2) is 27.4 Å². The number of aromatic nitrogens is 1. The van der Waals surface area contributed by atoms with E-state index in [1.54, 1.807) is 47.8 Å². The number of hydrogen-bond acceptors (Lipinski definition) is 7. The predicted octanol–water partition coefficient (Wildman–Crippen LogP) is 5.04. The van der Waals surface area contributed by atoms with Gasteiger partial charge in [0.15, 0.2) is 5.13 Å². The molecule has 0 unspecified atom stereocenters. The molecule has 0 saturated carbocycles. The van der Waals surface area contributed by atoms with Gasteiger partial charge in [-0.05, 0) is 12.1 Å². The van der Waals surface area contributed by atoms with Crippen LogP contribution >= 0.6 is 11.3 Å². The first-order valence-corrected chi connectivity index (χ1v) is 10.6. The maximum absolute atomic E-state index is 12.6. The maximum atomic E-state index is 12.6. The van der Waals surface area contributed by atoms with Crippen molar-refractivity contribution < 1.29 is 19.3 Å². The van der Waals surface area contributed by atoms with Crippen molar-refractivity contribution in [3.63, 3.8) is 0 Å². The molecule has 4 rings (SSSR count). The van der Waals surface area contributed by atoms with Crippen LogP contribution in [0.2, 0.25) is 0 Å². The number of carbonyl (C=O) groups excluding carboxylic acids is 3. The number of benzene rings is 3. The lowest BCUT2D eigenvalue weighted by Gasteiger charge is -2.04. The summed E-state index contributed by atoms with van der Waals surface area (Å²) in [5.41, 5.74) is 1.78. The van der Waals surface area contributed by atoms with E-state index in [0.29, 0.717) is 22.0 Å². The highest BCUT2D eigenvalue weighted by Crippen LogP contribution is 2.27. The largest absolute Gasteiger partial charge is 0.298 e. The summed E-state index contributed by atoms with van der Waals surface area (Å²) in [4.78, 5) is 52.1. The zero-order valence-electron chi connectivity index (χ0n) is 16.9. The molecule has 0 aliphatic heterocycles. The molecule has 1 N–H and O–H groups in total. The SMILES string of the molecule is O=C(Nc1nc(-c2cccc([N+](=O)[O-])c2)cs1)c1ccc(C(=O)C(=O)c2ccccc2)cc1. The van der Waals surface area contributed by atoms with Gasteiger partial charge in [-0.25, -0.2) is 4.98 Å². The number of rotatable bonds is 7. The molecule has 0 spiro atoms.